The third-order valence-corrected chi connectivity index (χ3v) is 4.20. The van der Waals surface area contributed by atoms with Gasteiger partial charge in [0.05, 0.1) is 12.5 Å². The van der Waals surface area contributed by atoms with Crippen LogP contribution in [-0.4, -0.2) is 21.9 Å². The minimum Gasteiger partial charge on any atom is -0.450 e. The Kier molecular flexibility index (Phi) is 4.89. The molecule has 0 saturated heterocycles. The van der Waals surface area contributed by atoms with Crippen LogP contribution in [0.15, 0.2) is 35.1 Å². The fourth-order valence-corrected chi connectivity index (χ4v) is 3.05. The fourth-order valence-electron chi connectivity index (χ4n) is 2.43. The summed E-state index contributed by atoms with van der Waals surface area (Å²) in [5.41, 5.74) is 0.424. The third-order valence-electron chi connectivity index (χ3n) is 3.60. The summed E-state index contributed by atoms with van der Waals surface area (Å²) in [6.45, 7) is 2.63. The van der Waals surface area contributed by atoms with E-state index in [0.717, 1.165) is 19.2 Å². The minimum atomic E-state index is -0.984. The first-order chi connectivity index (χ1) is 12.0. The van der Waals surface area contributed by atoms with Crippen LogP contribution < -0.4 is 9.96 Å². The lowest BCUT2D eigenvalue weighted by Gasteiger charge is -2.15. The maximum atomic E-state index is 14.3. The Morgan fingerprint density at radius 2 is 2.00 bits per heavy atom. The fraction of sp³-hybridized carbons (Fsp3) is 0.188. The molecule has 0 bridgehead atoms. The molecule has 3 aromatic rings. The van der Waals surface area contributed by atoms with Crippen molar-refractivity contribution >= 4 is 32.7 Å². The third kappa shape index (κ3) is 3.17. The molecule has 0 unspecified atom stereocenters. The average Bonchev–Trinajstić information content (AvgIpc) is 2.94. The predicted molar refractivity (Wildman–Crippen MR) is 90.8 cm³/mol. The van der Waals surface area contributed by atoms with E-state index in [9.17, 15) is 14.0 Å². The summed E-state index contributed by atoms with van der Waals surface area (Å²) in [6.07, 6.45) is 3.32. The number of halogens is 3. The van der Waals surface area contributed by atoms with Crippen LogP contribution in [0.1, 0.15) is 6.92 Å². The van der Waals surface area contributed by atoms with Crippen molar-refractivity contribution in [2.24, 2.45) is 0 Å². The summed E-state index contributed by atoms with van der Waals surface area (Å²) < 4.78 is 36.6. The standard InChI is InChI=1S/C16H14BrF2N3O3/c1-3-21-8-10(17)14-13(4-5-20-16(14)21)25-15-11(18)6-9(7-12(15)19)22(23)24-2/h4-8,23H,3H2,1-2H3. The van der Waals surface area contributed by atoms with Gasteiger partial charge in [0.2, 0.25) is 0 Å². The molecular weight excluding hydrogens is 400 g/mol. The number of aromatic nitrogens is 2. The van der Waals surface area contributed by atoms with Crippen LogP contribution >= 0.6 is 15.9 Å². The maximum Gasteiger partial charge on any atom is 0.198 e. The van der Waals surface area contributed by atoms with Crippen LogP contribution in [0.2, 0.25) is 0 Å². The van der Waals surface area contributed by atoms with Gasteiger partial charge in [-0.25, -0.2) is 13.8 Å². The molecule has 0 aliphatic carbocycles. The molecule has 0 aliphatic rings. The summed E-state index contributed by atoms with van der Waals surface area (Å²) >= 11 is 3.42. The molecule has 0 atom stereocenters. The van der Waals surface area contributed by atoms with Gasteiger partial charge < -0.3 is 9.30 Å². The van der Waals surface area contributed by atoms with Crippen molar-refractivity contribution in [1.82, 2.24) is 9.55 Å². The van der Waals surface area contributed by atoms with Gasteiger partial charge in [0.1, 0.15) is 17.1 Å². The molecule has 9 heteroatoms. The second kappa shape index (κ2) is 6.95. The van der Waals surface area contributed by atoms with Gasteiger partial charge in [-0.3, -0.25) is 10.0 Å². The number of anilines is 1. The summed E-state index contributed by atoms with van der Waals surface area (Å²) in [5, 5.41) is 10.2. The van der Waals surface area contributed by atoms with E-state index in [0.29, 0.717) is 22.1 Å². The largest absolute Gasteiger partial charge is 0.450 e. The molecule has 0 spiro atoms. The van der Waals surface area contributed by atoms with Crippen LogP contribution in [0.4, 0.5) is 14.5 Å². The molecule has 0 radical (unpaired) electrons. The summed E-state index contributed by atoms with van der Waals surface area (Å²) in [4.78, 5) is 8.77. The zero-order valence-electron chi connectivity index (χ0n) is 13.3. The quantitative estimate of drug-likeness (QED) is 0.617. The Balaban J connectivity index is 2.06. The highest BCUT2D eigenvalue weighted by atomic mass is 79.9. The molecular formula is C16H14BrF2N3O3. The smallest absolute Gasteiger partial charge is 0.198 e. The molecule has 25 heavy (non-hydrogen) atoms. The van der Waals surface area contributed by atoms with Crippen molar-refractivity contribution in [2.75, 3.05) is 12.3 Å². The van der Waals surface area contributed by atoms with E-state index >= 15 is 0 Å². The van der Waals surface area contributed by atoms with Crippen molar-refractivity contribution in [2.45, 2.75) is 13.5 Å². The number of ether oxygens (including phenoxy) is 1. The highest BCUT2D eigenvalue weighted by Crippen LogP contribution is 2.37. The van der Waals surface area contributed by atoms with Crippen LogP contribution in [0.3, 0.4) is 0 Å². The number of fused-ring (bicyclic) bond motifs is 1. The first-order valence-electron chi connectivity index (χ1n) is 7.29. The predicted octanol–water partition coefficient (Wildman–Crippen LogP) is 4.65. The van der Waals surface area contributed by atoms with E-state index in [1.54, 1.807) is 0 Å². The molecule has 2 aromatic heterocycles. The van der Waals surface area contributed by atoms with E-state index in [1.807, 2.05) is 17.7 Å². The number of rotatable bonds is 5. The van der Waals surface area contributed by atoms with Gasteiger partial charge >= 0.3 is 0 Å². The summed E-state index contributed by atoms with van der Waals surface area (Å²) in [5.74, 6) is -2.30. The van der Waals surface area contributed by atoms with Crippen molar-refractivity contribution in [3.63, 3.8) is 0 Å². The first kappa shape index (κ1) is 17.6. The van der Waals surface area contributed by atoms with Gasteiger partial charge in [-0.15, -0.1) is 5.23 Å². The number of hydrogen-bond acceptors (Lipinski definition) is 5. The zero-order chi connectivity index (χ0) is 18.1. The highest BCUT2D eigenvalue weighted by molar-refractivity contribution is 9.10. The lowest BCUT2D eigenvalue weighted by molar-refractivity contribution is -0.0112. The van der Waals surface area contributed by atoms with Gasteiger partial charge in [-0.1, -0.05) is 0 Å². The minimum absolute atomic E-state index is 0.206. The van der Waals surface area contributed by atoms with Gasteiger partial charge in [0, 0.05) is 35.5 Å². The SMILES string of the molecule is CCn1cc(Br)c2c(Oc3c(F)cc(N(O)OC)cc3F)ccnc21. The number of hydrogen-bond donors (Lipinski definition) is 1. The van der Waals surface area contributed by atoms with Gasteiger partial charge in [-0.05, 0) is 28.9 Å². The Morgan fingerprint density at radius 1 is 1.32 bits per heavy atom. The van der Waals surface area contributed by atoms with Crippen molar-refractivity contribution in [1.29, 1.82) is 0 Å². The molecule has 1 N–H and O–H groups in total. The van der Waals surface area contributed by atoms with E-state index < -0.39 is 17.4 Å². The first-order valence-corrected chi connectivity index (χ1v) is 8.08. The molecule has 3 rings (SSSR count). The number of nitrogens with zero attached hydrogens (tertiary/aromatic N) is 3. The van der Waals surface area contributed by atoms with Crippen LogP contribution in [0.25, 0.3) is 11.0 Å². The topological polar surface area (TPSA) is 59.8 Å². The van der Waals surface area contributed by atoms with Gasteiger partial charge in [0.25, 0.3) is 0 Å². The number of benzene rings is 1. The number of aryl methyl sites for hydroxylation is 1. The Hall–Kier alpha value is -2.23. The monoisotopic (exact) mass is 413 g/mol. The van der Waals surface area contributed by atoms with E-state index in [1.165, 1.54) is 12.3 Å². The molecule has 1 aromatic carbocycles. The molecule has 0 saturated carbocycles. The van der Waals surface area contributed by atoms with Crippen LogP contribution in [0, 0.1) is 11.6 Å². The van der Waals surface area contributed by atoms with E-state index in [2.05, 4.69) is 25.8 Å². The maximum absolute atomic E-state index is 14.3. The van der Waals surface area contributed by atoms with Gasteiger partial charge in [-0.2, -0.15) is 0 Å². The van der Waals surface area contributed by atoms with Crippen LogP contribution in [0.5, 0.6) is 11.5 Å². The second-order valence-electron chi connectivity index (χ2n) is 5.07. The molecule has 6 nitrogen and oxygen atoms in total. The molecule has 132 valence electrons. The second-order valence-corrected chi connectivity index (χ2v) is 5.92. The van der Waals surface area contributed by atoms with Gasteiger partial charge in [0.15, 0.2) is 17.4 Å². The Labute approximate surface area is 150 Å². The molecule has 0 aliphatic heterocycles. The summed E-state index contributed by atoms with van der Waals surface area (Å²) in [6, 6.07) is 3.31. The lowest BCUT2D eigenvalue weighted by atomic mass is 10.2. The normalized spacial score (nSPS) is 11.1. The van der Waals surface area contributed by atoms with Crippen molar-refractivity contribution in [3.8, 4) is 11.5 Å². The summed E-state index contributed by atoms with van der Waals surface area (Å²) in [7, 11) is 1.16. The lowest BCUT2D eigenvalue weighted by Crippen LogP contribution is -2.16. The molecule has 0 fully saturated rings. The Bertz CT molecular complexity index is 909. The van der Waals surface area contributed by atoms with E-state index in [-0.39, 0.29) is 16.7 Å². The zero-order valence-corrected chi connectivity index (χ0v) is 14.9. The van der Waals surface area contributed by atoms with Crippen LogP contribution in [-0.2, 0) is 11.4 Å². The average molecular weight is 414 g/mol. The van der Waals surface area contributed by atoms with Crippen molar-refractivity contribution < 1.29 is 23.6 Å². The highest BCUT2D eigenvalue weighted by Gasteiger charge is 2.19. The van der Waals surface area contributed by atoms with Crippen molar-refractivity contribution in [3.05, 3.63) is 46.7 Å². The Morgan fingerprint density at radius 3 is 2.60 bits per heavy atom. The number of pyridine rings is 1. The molecule has 0 amide bonds. The van der Waals surface area contributed by atoms with E-state index in [4.69, 9.17) is 4.74 Å². The molecule has 2 heterocycles.